The Hall–Kier alpha value is -3.19. The van der Waals surface area contributed by atoms with Crippen molar-refractivity contribution in [1.82, 2.24) is 24.8 Å². The highest BCUT2D eigenvalue weighted by atomic mass is 19.1. The normalized spacial score (nSPS) is 11.4. The number of aromatic nitrogens is 4. The summed E-state index contributed by atoms with van der Waals surface area (Å²) >= 11 is 0. The maximum atomic E-state index is 13.8. The number of fused-ring (bicyclic) bond motifs is 1. The number of aromatic amines is 1. The largest absolute Gasteiger partial charge is 0.494 e. The van der Waals surface area contributed by atoms with Crippen LogP contribution in [0.1, 0.15) is 23.2 Å². The van der Waals surface area contributed by atoms with E-state index < -0.39 is 0 Å². The summed E-state index contributed by atoms with van der Waals surface area (Å²) in [6.07, 6.45) is 5.72. The summed E-state index contributed by atoms with van der Waals surface area (Å²) < 4.78 is 21.7. The van der Waals surface area contributed by atoms with E-state index in [0.29, 0.717) is 17.7 Å². The van der Waals surface area contributed by atoms with Crippen molar-refractivity contribution >= 4 is 11.0 Å². The van der Waals surface area contributed by atoms with E-state index in [4.69, 9.17) is 4.74 Å². The summed E-state index contributed by atoms with van der Waals surface area (Å²) in [4.78, 5) is 12.2. The van der Waals surface area contributed by atoms with Crippen molar-refractivity contribution in [3.63, 3.8) is 0 Å². The Bertz CT molecular complexity index is 1180. The Morgan fingerprint density at radius 2 is 2.03 bits per heavy atom. The fraction of sp³-hybridized carbons (Fsp3) is 0.333. The molecule has 4 aromatic rings. The van der Waals surface area contributed by atoms with E-state index in [1.807, 2.05) is 49.3 Å². The Morgan fingerprint density at radius 3 is 2.81 bits per heavy atom. The number of nitrogens with zero attached hydrogens (tertiary/aromatic N) is 3. The van der Waals surface area contributed by atoms with Crippen LogP contribution < -0.4 is 10.1 Å². The van der Waals surface area contributed by atoms with E-state index in [9.17, 15) is 4.39 Å². The molecule has 0 atom stereocenters. The minimum atomic E-state index is -0.239. The number of benzene rings is 2. The van der Waals surface area contributed by atoms with Crippen molar-refractivity contribution in [2.75, 3.05) is 19.7 Å². The Balaban J connectivity index is 1.27. The third-order valence-electron chi connectivity index (χ3n) is 5.38. The number of rotatable bonds is 9. The summed E-state index contributed by atoms with van der Waals surface area (Å²) in [6, 6.07) is 9.17. The number of halogens is 1. The molecule has 0 bridgehead atoms. The van der Waals surface area contributed by atoms with E-state index in [0.717, 1.165) is 59.8 Å². The quantitative estimate of drug-likeness (QED) is 0.395. The number of H-pyrrole nitrogens is 1. The maximum Gasteiger partial charge on any atom is 0.138 e. The molecule has 2 N–H and O–H groups in total. The molecular formula is C24H28FN5O. The molecule has 4 rings (SSSR count). The van der Waals surface area contributed by atoms with Crippen LogP contribution in [-0.4, -0.2) is 39.2 Å². The molecule has 2 aromatic carbocycles. The fourth-order valence-electron chi connectivity index (χ4n) is 3.63. The molecule has 0 spiro atoms. The molecule has 2 heterocycles. The van der Waals surface area contributed by atoms with E-state index in [1.54, 1.807) is 13.0 Å². The van der Waals surface area contributed by atoms with Gasteiger partial charge >= 0.3 is 0 Å². The molecule has 162 valence electrons. The third kappa shape index (κ3) is 4.94. The summed E-state index contributed by atoms with van der Waals surface area (Å²) in [6.45, 7) is 6.24. The van der Waals surface area contributed by atoms with Gasteiger partial charge in [0, 0.05) is 37.3 Å². The van der Waals surface area contributed by atoms with Gasteiger partial charge in [-0.05, 0) is 62.7 Å². The van der Waals surface area contributed by atoms with Crippen molar-refractivity contribution in [3.8, 4) is 17.1 Å². The van der Waals surface area contributed by atoms with Crippen molar-refractivity contribution in [3.05, 3.63) is 65.5 Å². The second-order valence-electron chi connectivity index (χ2n) is 7.86. The minimum absolute atomic E-state index is 0.239. The van der Waals surface area contributed by atoms with E-state index in [2.05, 4.69) is 20.3 Å². The third-order valence-corrected chi connectivity index (χ3v) is 5.38. The van der Waals surface area contributed by atoms with E-state index >= 15 is 0 Å². The van der Waals surface area contributed by atoms with Crippen molar-refractivity contribution in [2.24, 2.45) is 7.05 Å². The van der Waals surface area contributed by atoms with E-state index in [-0.39, 0.29) is 5.82 Å². The molecule has 6 nitrogen and oxygen atoms in total. The lowest BCUT2D eigenvalue weighted by molar-refractivity contribution is 0.308. The molecule has 0 saturated heterocycles. The zero-order valence-electron chi connectivity index (χ0n) is 18.2. The van der Waals surface area contributed by atoms with Crippen LogP contribution in [0.25, 0.3) is 22.4 Å². The maximum absolute atomic E-state index is 13.8. The van der Waals surface area contributed by atoms with Gasteiger partial charge in [-0.2, -0.15) is 0 Å². The van der Waals surface area contributed by atoms with Gasteiger partial charge < -0.3 is 19.6 Å². The number of imidazole rings is 2. The predicted octanol–water partition coefficient (Wildman–Crippen LogP) is 4.32. The smallest absolute Gasteiger partial charge is 0.138 e. The highest BCUT2D eigenvalue weighted by Crippen LogP contribution is 2.28. The van der Waals surface area contributed by atoms with Crippen LogP contribution in [0.2, 0.25) is 0 Å². The fourth-order valence-corrected chi connectivity index (χ4v) is 3.63. The van der Waals surface area contributed by atoms with Crippen LogP contribution >= 0.6 is 0 Å². The van der Waals surface area contributed by atoms with E-state index in [1.165, 1.54) is 6.07 Å². The first-order valence-electron chi connectivity index (χ1n) is 10.6. The molecule has 0 fully saturated rings. The number of hydrogen-bond donors (Lipinski definition) is 2. The summed E-state index contributed by atoms with van der Waals surface area (Å²) in [5.41, 5.74) is 5.22. The van der Waals surface area contributed by atoms with Crippen LogP contribution in [-0.2, 0) is 13.5 Å². The van der Waals surface area contributed by atoms with Crippen LogP contribution in [0.15, 0.2) is 42.9 Å². The summed E-state index contributed by atoms with van der Waals surface area (Å²) in [7, 11) is 1.98. The lowest BCUT2D eigenvalue weighted by Gasteiger charge is -2.09. The van der Waals surface area contributed by atoms with Crippen LogP contribution in [0.3, 0.4) is 0 Å². The molecule has 0 saturated carbocycles. The zero-order chi connectivity index (χ0) is 21.8. The molecule has 0 amide bonds. The molecule has 7 heteroatoms. The van der Waals surface area contributed by atoms with Gasteiger partial charge in [0.1, 0.15) is 17.4 Å². The second-order valence-corrected chi connectivity index (χ2v) is 7.86. The van der Waals surface area contributed by atoms with Gasteiger partial charge in [-0.1, -0.05) is 0 Å². The second kappa shape index (κ2) is 9.31. The first-order chi connectivity index (χ1) is 15.0. The number of ether oxygens (including phenoxy) is 1. The van der Waals surface area contributed by atoms with Gasteiger partial charge in [-0.3, -0.25) is 0 Å². The lowest BCUT2D eigenvalue weighted by atomic mass is 10.1. The first-order valence-corrected chi connectivity index (χ1v) is 10.6. The van der Waals surface area contributed by atoms with Crippen LogP contribution in [0.5, 0.6) is 5.75 Å². The molecule has 31 heavy (non-hydrogen) atoms. The van der Waals surface area contributed by atoms with Crippen LogP contribution in [0.4, 0.5) is 4.39 Å². The predicted molar refractivity (Wildman–Crippen MR) is 121 cm³/mol. The van der Waals surface area contributed by atoms with Crippen molar-refractivity contribution in [2.45, 2.75) is 26.7 Å². The molecule has 0 radical (unpaired) electrons. The topological polar surface area (TPSA) is 67.8 Å². The van der Waals surface area contributed by atoms with Crippen molar-refractivity contribution in [1.29, 1.82) is 0 Å². The van der Waals surface area contributed by atoms with Gasteiger partial charge in [-0.25, -0.2) is 14.4 Å². The monoisotopic (exact) mass is 421 g/mol. The lowest BCUT2D eigenvalue weighted by Crippen LogP contribution is -2.20. The van der Waals surface area contributed by atoms with Gasteiger partial charge in [0.2, 0.25) is 0 Å². The highest BCUT2D eigenvalue weighted by molar-refractivity contribution is 5.83. The molecule has 0 unspecified atom stereocenters. The number of nitrogens with one attached hydrogen (secondary N) is 2. The van der Waals surface area contributed by atoms with Crippen LogP contribution in [0, 0.1) is 19.7 Å². The van der Waals surface area contributed by atoms with Gasteiger partial charge in [0.15, 0.2) is 0 Å². The minimum Gasteiger partial charge on any atom is -0.494 e. The zero-order valence-corrected chi connectivity index (χ0v) is 18.2. The molecular weight excluding hydrogens is 393 g/mol. The van der Waals surface area contributed by atoms with Gasteiger partial charge in [-0.15, -0.1) is 0 Å². The Kier molecular flexibility index (Phi) is 6.32. The SMILES string of the molecule is Cc1cc(OCCCNCCc2cn(C)cn2)ccc1-c1nc2c(C)c(F)ccc2[nH]1. The highest BCUT2D eigenvalue weighted by Gasteiger charge is 2.12. The average molecular weight is 422 g/mol. The molecule has 0 aliphatic heterocycles. The molecule has 0 aliphatic carbocycles. The summed E-state index contributed by atoms with van der Waals surface area (Å²) in [5.74, 6) is 1.34. The Labute approximate surface area is 181 Å². The van der Waals surface area contributed by atoms with Gasteiger partial charge in [0.25, 0.3) is 0 Å². The molecule has 0 aliphatic rings. The average Bonchev–Trinajstić information content (AvgIpc) is 3.36. The first kappa shape index (κ1) is 21.1. The summed E-state index contributed by atoms with van der Waals surface area (Å²) in [5, 5.41) is 3.42. The number of hydrogen-bond acceptors (Lipinski definition) is 4. The number of aryl methyl sites for hydroxylation is 3. The standard InChI is InChI=1S/C24H28FN5O/c1-16-13-19(31-12-4-10-26-11-9-18-14-30(3)15-27-18)5-6-20(16)24-28-22-8-7-21(25)17(2)23(22)29-24/h5-8,13-15,26H,4,9-12H2,1-3H3,(H,28,29). The van der Waals surface area contributed by atoms with Crippen molar-refractivity contribution < 1.29 is 9.13 Å². The molecule has 2 aromatic heterocycles. The van der Waals surface area contributed by atoms with Gasteiger partial charge in [0.05, 0.1) is 29.7 Å². The Morgan fingerprint density at radius 1 is 1.16 bits per heavy atom.